The zero-order chi connectivity index (χ0) is 14.1. The Morgan fingerprint density at radius 1 is 1.10 bits per heavy atom. The topological polar surface area (TPSA) is 58.0 Å². The highest BCUT2D eigenvalue weighted by Crippen LogP contribution is 2.22. The summed E-state index contributed by atoms with van der Waals surface area (Å²) in [4.78, 5) is 16.4. The van der Waals surface area contributed by atoms with Crippen LogP contribution in [0.15, 0.2) is 6.33 Å². The average molecular weight is 294 g/mol. The molecule has 8 heteroatoms. The summed E-state index contributed by atoms with van der Waals surface area (Å²) in [7, 11) is 0. The second-order valence-electron chi connectivity index (χ2n) is 4.69. The van der Waals surface area contributed by atoms with E-state index in [9.17, 15) is 4.39 Å². The second kappa shape index (κ2) is 5.28. The lowest BCUT2D eigenvalue weighted by molar-refractivity contribution is 0.574. The highest BCUT2D eigenvalue weighted by molar-refractivity contribution is 7.09. The molecule has 106 valence electrons. The fraction of sp³-hybridized carbons (Fsp3) is 0.500. The molecule has 3 rings (SSSR count). The number of aryl methyl sites for hydroxylation is 2. The van der Waals surface area contributed by atoms with E-state index >= 15 is 0 Å². The van der Waals surface area contributed by atoms with Crippen molar-refractivity contribution in [2.45, 2.75) is 13.8 Å². The molecule has 2 aromatic rings. The third kappa shape index (κ3) is 2.43. The molecular formula is C12H15FN6S. The molecule has 0 aromatic carbocycles. The second-order valence-corrected chi connectivity index (χ2v) is 5.43. The Morgan fingerprint density at radius 3 is 2.45 bits per heavy atom. The first-order valence-corrected chi connectivity index (χ1v) is 7.20. The smallest absolute Gasteiger partial charge is 0.205 e. The number of halogens is 1. The van der Waals surface area contributed by atoms with Crippen molar-refractivity contribution in [2.75, 3.05) is 36.0 Å². The first-order chi connectivity index (χ1) is 9.65. The van der Waals surface area contributed by atoms with E-state index in [0.717, 1.165) is 24.0 Å². The number of anilines is 2. The minimum atomic E-state index is -0.326. The Hall–Kier alpha value is -1.83. The maximum Gasteiger partial charge on any atom is 0.205 e. The lowest BCUT2D eigenvalue weighted by atomic mass is 10.3. The van der Waals surface area contributed by atoms with Crippen molar-refractivity contribution in [3.8, 4) is 0 Å². The van der Waals surface area contributed by atoms with Crippen LogP contribution in [0, 0.1) is 19.7 Å². The van der Waals surface area contributed by atoms with Gasteiger partial charge in [-0.2, -0.15) is 4.37 Å². The number of aromatic nitrogens is 4. The number of hydrogen-bond acceptors (Lipinski definition) is 7. The maximum absolute atomic E-state index is 14.0. The predicted molar refractivity (Wildman–Crippen MR) is 75.8 cm³/mol. The summed E-state index contributed by atoms with van der Waals surface area (Å²) in [5, 5.41) is 0.932. The summed E-state index contributed by atoms with van der Waals surface area (Å²) >= 11 is 1.41. The van der Waals surface area contributed by atoms with Crippen LogP contribution in [0.1, 0.15) is 11.5 Å². The number of hydrogen-bond donors (Lipinski definition) is 0. The van der Waals surface area contributed by atoms with Gasteiger partial charge in [0.25, 0.3) is 0 Å². The van der Waals surface area contributed by atoms with E-state index in [-0.39, 0.29) is 5.82 Å². The van der Waals surface area contributed by atoms with E-state index in [0.29, 0.717) is 24.6 Å². The van der Waals surface area contributed by atoms with E-state index in [1.54, 1.807) is 6.92 Å². The first kappa shape index (κ1) is 13.2. The van der Waals surface area contributed by atoms with Gasteiger partial charge in [-0.15, -0.1) is 0 Å². The molecule has 0 atom stereocenters. The normalized spacial score (nSPS) is 15.8. The van der Waals surface area contributed by atoms with Crippen molar-refractivity contribution in [3.63, 3.8) is 0 Å². The lowest BCUT2D eigenvalue weighted by Crippen LogP contribution is -2.47. The van der Waals surface area contributed by atoms with Gasteiger partial charge in [0.1, 0.15) is 12.2 Å². The van der Waals surface area contributed by atoms with Gasteiger partial charge >= 0.3 is 0 Å². The fourth-order valence-corrected chi connectivity index (χ4v) is 2.92. The van der Waals surface area contributed by atoms with Crippen molar-refractivity contribution in [3.05, 3.63) is 23.7 Å². The summed E-state index contributed by atoms with van der Waals surface area (Å²) in [5.41, 5.74) is 0.386. The quantitative estimate of drug-likeness (QED) is 0.835. The molecule has 0 aliphatic carbocycles. The van der Waals surface area contributed by atoms with Crippen molar-refractivity contribution in [1.29, 1.82) is 0 Å². The van der Waals surface area contributed by atoms with Crippen molar-refractivity contribution in [1.82, 2.24) is 19.3 Å². The number of rotatable bonds is 2. The molecule has 2 aromatic heterocycles. The minimum Gasteiger partial charge on any atom is -0.351 e. The summed E-state index contributed by atoms with van der Waals surface area (Å²) in [6.45, 7) is 6.54. The molecule has 1 aliphatic rings. The van der Waals surface area contributed by atoms with Gasteiger partial charge in [-0.05, 0) is 13.8 Å². The monoisotopic (exact) mass is 294 g/mol. The summed E-state index contributed by atoms with van der Waals surface area (Å²) in [6.07, 6.45) is 1.41. The third-order valence-corrected chi connectivity index (χ3v) is 4.18. The molecule has 3 heterocycles. The average Bonchev–Trinajstić information content (AvgIpc) is 2.89. The zero-order valence-corrected chi connectivity index (χ0v) is 12.2. The fourth-order valence-electron chi connectivity index (χ4n) is 2.19. The van der Waals surface area contributed by atoms with Crippen LogP contribution in [0.3, 0.4) is 0 Å². The summed E-state index contributed by atoms with van der Waals surface area (Å²) < 4.78 is 18.2. The molecule has 1 aliphatic heterocycles. The van der Waals surface area contributed by atoms with Crippen LogP contribution >= 0.6 is 11.5 Å². The van der Waals surface area contributed by atoms with Gasteiger partial charge in [0, 0.05) is 37.7 Å². The van der Waals surface area contributed by atoms with Gasteiger partial charge in [-0.25, -0.2) is 19.3 Å². The lowest BCUT2D eigenvalue weighted by Gasteiger charge is -2.35. The van der Waals surface area contributed by atoms with Crippen molar-refractivity contribution in [2.24, 2.45) is 0 Å². The molecule has 0 radical (unpaired) electrons. The molecule has 0 saturated carbocycles. The SMILES string of the molecule is Cc1nsc(N2CCN(c3ncnc(C)c3F)CC2)n1. The van der Waals surface area contributed by atoms with Gasteiger partial charge in [0.15, 0.2) is 11.6 Å². The molecule has 1 saturated heterocycles. The van der Waals surface area contributed by atoms with Crippen molar-refractivity contribution < 1.29 is 4.39 Å². The van der Waals surface area contributed by atoms with Gasteiger partial charge in [-0.1, -0.05) is 0 Å². The molecule has 0 spiro atoms. The predicted octanol–water partition coefficient (Wildman–Crippen LogP) is 1.41. The molecular weight excluding hydrogens is 279 g/mol. The molecule has 0 N–H and O–H groups in total. The van der Waals surface area contributed by atoms with Crippen LogP contribution in [0.25, 0.3) is 0 Å². The van der Waals surface area contributed by atoms with E-state index in [4.69, 9.17) is 0 Å². The van der Waals surface area contributed by atoms with Crippen LogP contribution in [0.4, 0.5) is 15.3 Å². The molecule has 20 heavy (non-hydrogen) atoms. The van der Waals surface area contributed by atoms with Gasteiger partial charge in [0.2, 0.25) is 5.13 Å². The van der Waals surface area contributed by atoms with Crippen LogP contribution in [-0.2, 0) is 0 Å². The number of piperazine rings is 1. The number of nitrogens with zero attached hydrogens (tertiary/aromatic N) is 6. The van der Waals surface area contributed by atoms with E-state index < -0.39 is 0 Å². The van der Waals surface area contributed by atoms with E-state index in [1.165, 1.54) is 17.9 Å². The van der Waals surface area contributed by atoms with Crippen molar-refractivity contribution >= 4 is 22.5 Å². The Balaban J connectivity index is 1.71. The van der Waals surface area contributed by atoms with Crippen LogP contribution in [-0.4, -0.2) is 45.5 Å². The van der Waals surface area contributed by atoms with Gasteiger partial charge in [0.05, 0.1) is 5.69 Å². The largest absolute Gasteiger partial charge is 0.351 e. The standard InChI is InChI=1S/C12H15FN6S/c1-8-10(13)11(15-7-14-8)18-3-5-19(6-4-18)12-16-9(2)17-20-12/h7H,3-6H2,1-2H3. The molecule has 0 amide bonds. The Labute approximate surface area is 120 Å². The van der Waals surface area contributed by atoms with Crippen LogP contribution in [0.2, 0.25) is 0 Å². The highest BCUT2D eigenvalue weighted by Gasteiger charge is 2.23. The highest BCUT2D eigenvalue weighted by atomic mass is 32.1. The summed E-state index contributed by atoms with van der Waals surface area (Å²) in [5.74, 6) is 0.864. The molecule has 6 nitrogen and oxygen atoms in total. The van der Waals surface area contributed by atoms with Crippen LogP contribution in [0.5, 0.6) is 0 Å². The molecule has 0 unspecified atom stereocenters. The maximum atomic E-state index is 14.0. The summed E-state index contributed by atoms with van der Waals surface area (Å²) in [6, 6.07) is 0. The van der Waals surface area contributed by atoms with E-state index in [1.807, 2.05) is 11.8 Å². The zero-order valence-electron chi connectivity index (χ0n) is 11.4. The Bertz CT molecular complexity index is 608. The Kier molecular flexibility index (Phi) is 3.47. The van der Waals surface area contributed by atoms with Gasteiger partial charge in [-0.3, -0.25) is 0 Å². The van der Waals surface area contributed by atoms with E-state index in [2.05, 4.69) is 24.2 Å². The molecule has 1 fully saturated rings. The van der Waals surface area contributed by atoms with Gasteiger partial charge < -0.3 is 9.80 Å². The van der Waals surface area contributed by atoms with Crippen LogP contribution < -0.4 is 9.80 Å². The third-order valence-electron chi connectivity index (χ3n) is 3.31. The molecule has 0 bridgehead atoms. The first-order valence-electron chi connectivity index (χ1n) is 6.42. The Morgan fingerprint density at radius 2 is 1.80 bits per heavy atom. The minimum absolute atomic E-state index is 0.326.